The summed E-state index contributed by atoms with van der Waals surface area (Å²) in [7, 11) is 0. The molecular formula is C20H11ClF4N2O3. The van der Waals surface area contributed by atoms with Crippen molar-refractivity contribution >= 4 is 23.3 Å². The highest BCUT2D eigenvalue weighted by Crippen LogP contribution is 2.43. The summed E-state index contributed by atoms with van der Waals surface area (Å²) in [6.45, 7) is -0.934. The molecule has 154 valence electrons. The molecule has 1 aliphatic rings. The molecule has 1 N–H and O–H groups in total. The number of nitrogens with zero attached hydrogens (tertiary/aromatic N) is 1. The fourth-order valence-corrected chi connectivity index (χ4v) is 3.08. The van der Waals surface area contributed by atoms with E-state index in [2.05, 4.69) is 15.0 Å². The normalized spacial score (nSPS) is 14.3. The maximum atomic E-state index is 13.7. The van der Waals surface area contributed by atoms with Gasteiger partial charge in [0.1, 0.15) is 23.0 Å². The molecule has 30 heavy (non-hydrogen) atoms. The summed E-state index contributed by atoms with van der Waals surface area (Å²) >= 11 is 6.17. The second kappa shape index (κ2) is 7.49. The van der Waals surface area contributed by atoms with Crippen molar-refractivity contribution in [2.24, 2.45) is 0 Å². The zero-order valence-electron chi connectivity index (χ0n) is 14.9. The van der Waals surface area contributed by atoms with Crippen molar-refractivity contribution in [1.82, 2.24) is 4.98 Å². The highest BCUT2D eigenvalue weighted by molar-refractivity contribution is 6.33. The Bertz CT molecular complexity index is 1120. The number of hydrogen-bond donors (Lipinski definition) is 1. The van der Waals surface area contributed by atoms with Gasteiger partial charge in [0, 0.05) is 23.4 Å². The van der Waals surface area contributed by atoms with Gasteiger partial charge in [-0.1, -0.05) is 17.7 Å². The lowest BCUT2D eigenvalue weighted by Crippen LogP contribution is -2.35. The number of ether oxygens (including phenoxy) is 2. The molecule has 0 saturated carbocycles. The molecule has 0 atom stereocenters. The number of carbonyl (C=O) groups is 1. The first kappa shape index (κ1) is 20.0. The van der Waals surface area contributed by atoms with Crippen LogP contribution in [-0.2, 0) is 0 Å². The first-order valence-electron chi connectivity index (χ1n) is 8.48. The molecule has 5 nitrogen and oxygen atoms in total. The van der Waals surface area contributed by atoms with Gasteiger partial charge >= 0.3 is 6.11 Å². The van der Waals surface area contributed by atoms with Crippen molar-refractivity contribution in [2.75, 3.05) is 11.9 Å². The van der Waals surface area contributed by atoms with E-state index in [1.807, 2.05) is 0 Å². The molecule has 1 aliphatic heterocycles. The number of pyridine rings is 1. The summed E-state index contributed by atoms with van der Waals surface area (Å²) in [5.74, 6) is -3.06. The number of fused-ring (bicyclic) bond motifs is 1. The molecule has 0 radical (unpaired) electrons. The van der Waals surface area contributed by atoms with Crippen LogP contribution in [0.5, 0.6) is 11.5 Å². The molecule has 0 unspecified atom stereocenters. The molecule has 4 rings (SSSR count). The van der Waals surface area contributed by atoms with Gasteiger partial charge in [0.25, 0.3) is 5.91 Å². The van der Waals surface area contributed by atoms with Gasteiger partial charge in [0.15, 0.2) is 18.1 Å². The zero-order valence-corrected chi connectivity index (χ0v) is 15.6. The lowest BCUT2D eigenvalue weighted by atomic mass is 10.1. The first-order valence-corrected chi connectivity index (χ1v) is 8.86. The number of aromatic nitrogens is 1. The van der Waals surface area contributed by atoms with Gasteiger partial charge < -0.3 is 14.8 Å². The molecule has 0 fully saturated rings. The van der Waals surface area contributed by atoms with E-state index in [9.17, 15) is 22.4 Å². The van der Waals surface area contributed by atoms with Crippen LogP contribution in [0.25, 0.3) is 11.1 Å². The van der Waals surface area contributed by atoms with Gasteiger partial charge in [-0.15, -0.1) is 0 Å². The van der Waals surface area contributed by atoms with Crippen LogP contribution in [0, 0.1) is 11.6 Å². The summed E-state index contributed by atoms with van der Waals surface area (Å²) in [5, 5.41) is 2.41. The third kappa shape index (κ3) is 3.88. The lowest BCUT2D eigenvalue weighted by molar-refractivity contribution is -0.208. The van der Waals surface area contributed by atoms with E-state index in [0.717, 1.165) is 18.2 Å². The molecule has 1 aromatic heterocycles. The Morgan fingerprint density at radius 3 is 2.50 bits per heavy atom. The van der Waals surface area contributed by atoms with Gasteiger partial charge in [0.2, 0.25) is 0 Å². The second-order valence-electron chi connectivity index (χ2n) is 6.29. The van der Waals surface area contributed by atoms with Crippen molar-refractivity contribution < 1.29 is 31.8 Å². The molecule has 0 aliphatic carbocycles. The number of nitrogens with one attached hydrogen (secondary N) is 1. The molecule has 0 spiro atoms. The third-order valence-corrected chi connectivity index (χ3v) is 4.51. The van der Waals surface area contributed by atoms with Crippen molar-refractivity contribution in [3.05, 3.63) is 70.9 Å². The zero-order chi connectivity index (χ0) is 21.5. The van der Waals surface area contributed by atoms with Crippen molar-refractivity contribution in [3.8, 4) is 22.6 Å². The number of anilines is 1. The van der Waals surface area contributed by atoms with Crippen LogP contribution in [0.15, 0.2) is 48.7 Å². The van der Waals surface area contributed by atoms with E-state index < -0.39 is 35.8 Å². The molecule has 0 bridgehead atoms. The predicted molar refractivity (Wildman–Crippen MR) is 100 cm³/mol. The minimum atomic E-state index is -3.45. The Labute approximate surface area is 172 Å². The minimum absolute atomic E-state index is 0.0414. The van der Waals surface area contributed by atoms with Gasteiger partial charge in [0.05, 0.1) is 5.02 Å². The Morgan fingerprint density at radius 1 is 1.10 bits per heavy atom. The number of halogens is 5. The van der Waals surface area contributed by atoms with Crippen LogP contribution >= 0.6 is 11.6 Å². The Balaban J connectivity index is 1.56. The molecular weight excluding hydrogens is 428 g/mol. The van der Waals surface area contributed by atoms with Crippen LogP contribution in [0.1, 0.15) is 10.4 Å². The number of benzene rings is 2. The molecule has 2 heterocycles. The number of alkyl halides is 2. The second-order valence-corrected chi connectivity index (χ2v) is 6.70. The minimum Gasteiger partial charge on any atom is -0.479 e. The molecule has 1 amide bonds. The van der Waals surface area contributed by atoms with Gasteiger partial charge in [-0.2, -0.15) is 8.78 Å². The summed E-state index contributed by atoms with van der Waals surface area (Å²) < 4.78 is 63.6. The van der Waals surface area contributed by atoms with Gasteiger partial charge in [-0.3, -0.25) is 4.79 Å². The molecule has 2 aromatic carbocycles. The summed E-state index contributed by atoms with van der Waals surface area (Å²) in [6.07, 6.45) is -2.10. The van der Waals surface area contributed by atoms with Crippen LogP contribution in [0.4, 0.5) is 23.4 Å². The summed E-state index contributed by atoms with van der Waals surface area (Å²) in [4.78, 5) is 16.2. The van der Waals surface area contributed by atoms with Gasteiger partial charge in [-0.25, -0.2) is 13.8 Å². The van der Waals surface area contributed by atoms with Crippen molar-refractivity contribution in [1.29, 1.82) is 0 Å². The molecule has 10 heteroatoms. The van der Waals surface area contributed by atoms with E-state index in [0.29, 0.717) is 11.1 Å². The van der Waals surface area contributed by atoms with E-state index in [1.165, 1.54) is 30.5 Å². The third-order valence-electron chi connectivity index (χ3n) is 4.19. The van der Waals surface area contributed by atoms with Crippen LogP contribution in [0.3, 0.4) is 0 Å². The molecule has 3 aromatic rings. The Morgan fingerprint density at radius 2 is 1.83 bits per heavy atom. The fourth-order valence-electron chi connectivity index (χ4n) is 2.82. The number of rotatable bonds is 3. The SMILES string of the molecule is O=C(Nc1ccc(-c2cc3c(cc2Cl)OC(F)(F)CO3)cn1)c1c(F)cccc1F. The lowest BCUT2D eigenvalue weighted by Gasteiger charge is -2.26. The van der Waals surface area contributed by atoms with Crippen LogP contribution in [0.2, 0.25) is 5.02 Å². The highest BCUT2D eigenvalue weighted by Gasteiger charge is 2.38. The first-order chi connectivity index (χ1) is 14.2. The van der Waals surface area contributed by atoms with E-state index in [4.69, 9.17) is 16.3 Å². The van der Waals surface area contributed by atoms with E-state index >= 15 is 0 Å². The fraction of sp³-hybridized carbons (Fsp3) is 0.100. The average Bonchev–Trinajstić information content (AvgIpc) is 2.67. The average molecular weight is 439 g/mol. The number of amides is 1. The van der Waals surface area contributed by atoms with Gasteiger partial charge in [-0.05, 0) is 30.3 Å². The van der Waals surface area contributed by atoms with Crippen molar-refractivity contribution in [2.45, 2.75) is 6.11 Å². The maximum Gasteiger partial charge on any atom is 0.433 e. The highest BCUT2D eigenvalue weighted by atomic mass is 35.5. The summed E-state index contributed by atoms with van der Waals surface area (Å²) in [6, 6.07) is 8.64. The standard InChI is InChI=1S/C20H11ClF4N2O3/c21-12-7-16-15(29-9-20(24,25)30-16)6-11(12)10-4-5-17(26-8-10)27-19(28)18-13(22)2-1-3-14(18)23/h1-8H,9H2,(H,26,27,28). The quantitative estimate of drug-likeness (QED) is 0.564. The van der Waals surface area contributed by atoms with E-state index in [-0.39, 0.29) is 22.3 Å². The smallest absolute Gasteiger partial charge is 0.433 e. The number of hydrogen-bond acceptors (Lipinski definition) is 4. The number of carbonyl (C=O) groups excluding carboxylic acids is 1. The van der Waals surface area contributed by atoms with Crippen LogP contribution in [-0.4, -0.2) is 23.6 Å². The van der Waals surface area contributed by atoms with Crippen LogP contribution < -0.4 is 14.8 Å². The molecule has 0 saturated heterocycles. The van der Waals surface area contributed by atoms with E-state index in [1.54, 1.807) is 0 Å². The maximum absolute atomic E-state index is 13.7. The predicted octanol–water partition coefficient (Wildman–Crippen LogP) is 5.30. The Hall–Kier alpha value is -3.33. The topological polar surface area (TPSA) is 60.5 Å². The Kier molecular flexibility index (Phi) is 4.98. The largest absolute Gasteiger partial charge is 0.479 e. The summed E-state index contributed by atoms with van der Waals surface area (Å²) in [5.41, 5.74) is 0.184. The monoisotopic (exact) mass is 438 g/mol. The van der Waals surface area contributed by atoms with Crippen molar-refractivity contribution in [3.63, 3.8) is 0 Å².